The van der Waals surface area contributed by atoms with Crippen LogP contribution in [0.1, 0.15) is 28.6 Å². The molecule has 2 heterocycles. The van der Waals surface area contributed by atoms with Gasteiger partial charge in [0.15, 0.2) is 0 Å². The van der Waals surface area contributed by atoms with E-state index in [0.29, 0.717) is 0 Å². The van der Waals surface area contributed by atoms with Gasteiger partial charge in [0.05, 0.1) is 0 Å². The number of hydrogen-bond donors (Lipinski definition) is 1. The molecule has 0 radical (unpaired) electrons. The number of rotatable bonds is 1. The number of nitrogens with zero attached hydrogens (tertiary/aromatic N) is 1. The fraction of sp³-hybridized carbons (Fsp3) is 1.00. The van der Waals surface area contributed by atoms with E-state index in [0.717, 1.165) is 5.41 Å². The van der Waals surface area contributed by atoms with Crippen LogP contribution in [-0.2, 0) is 0 Å². The normalized spacial score (nSPS) is 27.8. The summed E-state index contributed by atoms with van der Waals surface area (Å²) >= 11 is 0. The molecular formula is C10H24N2. The van der Waals surface area contributed by atoms with Crippen LogP contribution in [-0.4, -0.2) is 37.6 Å². The monoisotopic (exact) mass is 172 g/mol. The molecule has 0 bridgehead atoms. The summed E-state index contributed by atoms with van der Waals surface area (Å²) in [5.74, 6) is 0. The average molecular weight is 172 g/mol. The summed E-state index contributed by atoms with van der Waals surface area (Å²) in [6, 6.07) is 0. The fourth-order valence-corrected chi connectivity index (χ4v) is 2.18. The Morgan fingerprint density at radius 1 is 1.33 bits per heavy atom. The number of likely N-dealkylation sites (tertiary alicyclic amines) is 1. The van der Waals surface area contributed by atoms with Crippen LogP contribution in [0.4, 0.5) is 0 Å². The third-order valence-electron chi connectivity index (χ3n) is 3.36. The standard InChI is InChI=1S/C9H18N2.CH4.H2/c1-2-11-5-3-9(4-6-11)7-10-8-9;;/h10H,2-8H2,1H3;1H4;1H. The lowest BCUT2D eigenvalue weighted by Crippen LogP contribution is -2.58. The van der Waals surface area contributed by atoms with E-state index in [1.807, 2.05) is 0 Å². The highest BCUT2D eigenvalue weighted by Gasteiger charge is 2.38. The van der Waals surface area contributed by atoms with Gasteiger partial charge < -0.3 is 10.2 Å². The van der Waals surface area contributed by atoms with Gasteiger partial charge in [0.1, 0.15) is 0 Å². The zero-order valence-corrected chi connectivity index (χ0v) is 7.40. The predicted octanol–water partition coefficient (Wildman–Crippen LogP) is 1.57. The maximum Gasteiger partial charge on any atom is 0.00212 e. The molecule has 2 aliphatic heterocycles. The van der Waals surface area contributed by atoms with Gasteiger partial charge in [-0.1, -0.05) is 14.4 Å². The molecule has 74 valence electrons. The summed E-state index contributed by atoms with van der Waals surface area (Å²) in [6.45, 7) is 8.73. The molecule has 1 N–H and O–H groups in total. The first kappa shape index (κ1) is 10.0. The Hall–Kier alpha value is -0.0800. The van der Waals surface area contributed by atoms with Gasteiger partial charge in [-0.3, -0.25) is 0 Å². The summed E-state index contributed by atoms with van der Waals surface area (Å²) < 4.78 is 0. The summed E-state index contributed by atoms with van der Waals surface area (Å²) in [6.07, 6.45) is 2.85. The molecule has 0 aliphatic carbocycles. The highest BCUT2D eigenvalue weighted by molar-refractivity contribution is 4.95. The quantitative estimate of drug-likeness (QED) is 0.646. The molecule has 2 rings (SSSR count). The minimum absolute atomic E-state index is 0. The summed E-state index contributed by atoms with van der Waals surface area (Å²) in [5, 5.41) is 3.39. The van der Waals surface area contributed by atoms with Crippen molar-refractivity contribution in [2.24, 2.45) is 5.41 Å². The topological polar surface area (TPSA) is 15.3 Å². The highest BCUT2D eigenvalue weighted by Crippen LogP contribution is 2.34. The summed E-state index contributed by atoms with van der Waals surface area (Å²) in [4.78, 5) is 2.56. The van der Waals surface area contributed by atoms with Gasteiger partial charge in [-0.2, -0.15) is 0 Å². The summed E-state index contributed by atoms with van der Waals surface area (Å²) in [5.41, 5.74) is 0.728. The number of piperidine rings is 1. The zero-order valence-electron chi connectivity index (χ0n) is 7.40. The van der Waals surface area contributed by atoms with Crippen molar-refractivity contribution in [1.29, 1.82) is 0 Å². The molecule has 0 aromatic carbocycles. The molecule has 0 aromatic heterocycles. The first-order valence-corrected chi connectivity index (χ1v) is 4.78. The van der Waals surface area contributed by atoms with Gasteiger partial charge in [0, 0.05) is 14.5 Å². The van der Waals surface area contributed by atoms with E-state index in [2.05, 4.69) is 17.1 Å². The van der Waals surface area contributed by atoms with E-state index in [-0.39, 0.29) is 8.85 Å². The predicted molar refractivity (Wildman–Crippen MR) is 55.5 cm³/mol. The van der Waals surface area contributed by atoms with Crippen molar-refractivity contribution < 1.29 is 1.43 Å². The van der Waals surface area contributed by atoms with Crippen molar-refractivity contribution in [1.82, 2.24) is 10.2 Å². The SMILES string of the molecule is C.CCN1CCC2(CC1)CNC2.[HH]. The van der Waals surface area contributed by atoms with Crippen LogP contribution in [0.25, 0.3) is 0 Å². The van der Waals surface area contributed by atoms with E-state index in [1.54, 1.807) is 0 Å². The molecule has 0 amide bonds. The van der Waals surface area contributed by atoms with E-state index in [9.17, 15) is 0 Å². The van der Waals surface area contributed by atoms with Crippen molar-refractivity contribution in [3.63, 3.8) is 0 Å². The summed E-state index contributed by atoms with van der Waals surface area (Å²) in [7, 11) is 0. The van der Waals surface area contributed by atoms with Crippen molar-refractivity contribution in [3.8, 4) is 0 Å². The molecule has 12 heavy (non-hydrogen) atoms. The second kappa shape index (κ2) is 3.75. The maximum absolute atomic E-state index is 3.39. The van der Waals surface area contributed by atoms with Gasteiger partial charge in [-0.15, -0.1) is 0 Å². The lowest BCUT2D eigenvalue weighted by Gasteiger charge is -2.48. The van der Waals surface area contributed by atoms with E-state index < -0.39 is 0 Å². The lowest BCUT2D eigenvalue weighted by atomic mass is 9.73. The Bertz CT molecular complexity index is 136. The van der Waals surface area contributed by atoms with Crippen LogP contribution in [0.2, 0.25) is 0 Å². The molecule has 0 aromatic rings. The third-order valence-corrected chi connectivity index (χ3v) is 3.36. The second-order valence-corrected chi connectivity index (χ2v) is 4.04. The first-order chi connectivity index (χ1) is 5.35. The molecule has 2 nitrogen and oxygen atoms in total. The van der Waals surface area contributed by atoms with Crippen LogP contribution in [0, 0.1) is 5.41 Å². The minimum Gasteiger partial charge on any atom is -0.316 e. The molecule has 0 unspecified atom stereocenters. The van der Waals surface area contributed by atoms with E-state index in [4.69, 9.17) is 0 Å². The molecule has 0 atom stereocenters. The first-order valence-electron chi connectivity index (χ1n) is 4.78. The molecule has 2 aliphatic rings. The third kappa shape index (κ3) is 1.64. The Labute approximate surface area is 77.8 Å². The fourth-order valence-electron chi connectivity index (χ4n) is 2.18. The van der Waals surface area contributed by atoms with Crippen molar-refractivity contribution in [2.75, 3.05) is 32.7 Å². The van der Waals surface area contributed by atoms with Crippen molar-refractivity contribution >= 4 is 0 Å². The zero-order chi connectivity index (χ0) is 7.73. The van der Waals surface area contributed by atoms with Gasteiger partial charge in [0.2, 0.25) is 0 Å². The van der Waals surface area contributed by atoms with E-state index in [1.165, 1.54) is 45.6 Å². The second-order valence-electron chi connectivity index (χ2n) is 4.04. The smallest absolute Gasteiger partial charge is 0.00212 e. The van der Waals surface area contributed by atoms with Crippen LogP contribution in [0.3, 0.4) is 0 Å². The molecule has 1 spiro atoms. The van der Waals surface area contributed by atoms with Crippen LogP contribution in [0.15, 0.2) is 0 Å². The molecular weight excluding hydrogens is 148 g/mol. The van der Waals surface area contributed by atoms with Crippen molar-refractivity contribution in [3.05, 3.63) is 0 Å². The van der Waals surface area contributed by atoms with Gasteiger partial charge in [-0.05, 0) is 37.9 Å². The number of nitrogens with one attached hydrogen (secondary N) is 1. The van der Waals surface area contributed by atoms with Crippen molar-refractivity contribution in [2.45, 2.75) is 27.2 Å². The van der Waals surface area contributed by atoms with Gasteiger partial charge in [-0.25, -0.2) is 0 Å². The Balaban J connectivity index is 0.000000720. The Morgan fingerprint density at radius 3 is 2.25 bits per heavy atom. The Morgan fingerprint density at radius 2 is 1.92 bits per heavy atom. The van der Waals surface area contributed by atoms with Crippen LogP contribution < -0.4 is 5.32 Å². The minimum atomic E-state index is 0. The molecule has 2 fully saturated rings. The van der Waals surface area contributed by atoms with E-state index >= 15 is 0 Å². The highest BCUT2D eigenvalue weighted by atomic mass is 15.1. The number of hydrogen-bond acceptors (Lipinski definition) is 2. The largest absolute Gasteiger partial charge is 0.316 e. The van der Waals surface area contributed by atoms with Crippen LogP contribution in [0.5, 0.6) is 0 Å². The maximum atomic E-state index is 3.39. The van der Waals surface area contributed by atoms with Gasteiger partial charge >= 0.3 is 0 Å². The van der Waals surface area contributed by atoms with Crippen LogP contribution >= 0.6 is 0 Å². The molecule has 0 saturated carbocycles. The molecule has 2 saturated heterocycles. The average Bonchev–Trinajstić information content (AvgIpc) is 2.02. The lowest BCUT2D eigenvalue weighted by molar-refractivity contribution is 0.0579. The molecule has 2 heteroatoms. The Kier molecular flexibility index (Phi) is 3.13. The van der Waals surface area contributed by atoms with Gasteiger partial charge in [0.25, 0.3) is 0 Å².